The number of unbranched alkanes of at least 4 members (excludes halogenated alkanes) is 1. The summed E-state index contributed by atoms with van der Waals surface area (Å²) in [6.07, 6.45) is 6.97. The zero-order valence-corrected chi connectivity index (χ0v) is 12.6. The van der Waals surface area contributed by atoms with Crippen LogP contribution < -0.4 is 10.8 Å². The van der Waals surface area contributed by atoms with Crippen LogP contribution in [0, 0.1) is 0 Å². The lowest BCUT2D eigenvalue weighted by Gasteiger charge is -2.26. The summed E-state index contributed by atoms with van der Waals surface area (Å²) < 4.78 is 0. The first-order chi connectivity index (χ1) is 10.1. The molecule has 0 aromatic rings. The first-order valence-corrected chi connectivity index (χ1v) is 7.46. The molecule has 0 radical (unpaired) electrons. The van der Waals surface area contributed by atoms with E-state index in [1.54, 1.807) is 12.2 Å². The van der Waals surface area contributed by atoms with Gasteiger partial charge in [-0.2, -0.15) is 0 Å². The second-order valence-electron chi connectivity index (χ2n) is 5.31. The average molecular weight is 290 g/mol. The molecule has 1 amide bonds. The molecule has 0 aromatic heterocycles. The van der Waals surface area contributed by atoms with E-state index in [1.807, 2.05) is 6.92 Å². The van der Waals surface area contributed by atoms with Crippen LogP contribution in [0.1, 0.15) is 46.0 Å². The first-order valence-electron chi connectivity index (χ1n) is 7.46. The van der Waals surface area contributed by atoms with Gasteiger partial charge in [-0.25, -0.2) is 5.48 Å². The lowest BCUT2D eigenvalue weighted by atomic mass is 9.95. The Morgan fingerprint density at radius 2 is 2.29 bits per heavy atom. The van der Waals surface area contributed by atoms with Crippen molar-refractivity contribution in [1.29, 1.82) is 0 Å². The molecule has 5 nitrogen and oxygen atoms in total. The highest BCUT2D eigenvalue weighted by Gasteiger charge is 2.23. The molecule has 0 bridgehead atoms. The van der Waals surface area contributed by atoms with Gasteiger partial charge >= 0.3 is 0 Å². The monoisotopic (exact) mass is 290 g/mol. The number of hydroxylamine groups is 1. The second-order valence-corrected chi connectivity index (χ2v) is 5.31. The van der Waals surface area contributed by atoms with Crippen LogP contribution in [-0.2, 0) is 14.4 Å². The van der Waals surface area contributed by atoms with Gasteiger partial charge in [0, 0.05) is 31.4 Å². The number of allylic oxidation sites excluding steroid dienone is 3. The number of amides is 1. The predicted molar refractivity (Wildman–Crippen MR) is 79.9 cm³/mol. The number of carbonyl (C=O) groups excluding carboxylic acids is 2. The third-order valence-electron chi connectivity index (χ3n) is 3.65. The Balaban J connectivity index is 1.91. The number of hydrogen-bond donors (Lipinski definition) is 2. The molecular formula is C16H22N2O3. The van der Waals surface area contributed by atoms with Gasteiger partial charge in [0.15, 0.2) is 11.5 Å². The Kier molecular flexibility index (Phi) is 5.20. The molecule has 0 unspecified atom stereocenters. The van der Waals surface area contributed by atoms with Crippen molar-refractivity contribution in [1.82, 2.24) is 10.8 Å². The normalized spacial score (nSPS) is 17.3. The smallest absolute Gasteiger partial charge is 0.220 e. The molecule has 2 aliphatic rings. The minimum Gasteiger partial charge on any atom is -0.382 e. The molecule has 0 spiro atoms. The lowest BCUT2D eigenvalue weighted by Crippen LogP contribution is -2.29. The summed E-state index contributed by atoms with van der Waals surface area (Å²) in [6.45, 7) is 4.59. The van der Waals surface area contributed by atoms with E-state index in [9.17, 15) is 9.59 Å². The number of hydrogen-bond acceptors (Lipinski definition) is 4. The summed E-state index contributed by atoms with van der Waals surface area (Å²) in [4.78, 5) is 28.5. The van der Waals surface area contributed by atoms with E-state index in [4.69, 9.17) is 4.84 Å². The van der Waals surface area contributed by atoms with Crippen LogP contribution in [0.25, 0.3) is 0 Å². The quantitative estimate of drug-likeness (QED) is 0.787. The maximum absolute atomic E-state index is 11.6. The van der Waals surface area contributed by atoms with Crippen LogP contribution in [0.5, 0.6) is 0 Å². The molecule has 0 saturated heterocycles. The van der Waals surface area contributed by atoms with Gasteiger partial charge in [0.05, 0.1) is 5.70 Å². The maximum atomic E-state index is 11.6. The van der Waals surface area contributed by atoms with Crippen molar-refractivity contribution in [2.24, 2.45) is 0 Å². The van der Waals surface area contributed by atoms with Crippen molar-refractivity contribution >= 4 is 11.7 Å². The number of rotatable bonds is 6. The summed E-state index contributed by atoms with van der Waals surface area (Å²) in [7, 11) is 0. The van der Waals surface area contributed by atoms with Gasteiger partial charge in [-0.05, 0) is 31.1 Å². The molecule has 2 rings (SSSR count). The van der Waals surface area contributed by atoms with Crippen LogP contribution in [0.2, 0.25) is 0 Å². The number of carbonyl (C=O) groups is 2. The summed E-state index contributed by atoms with van der Waals surface area (Å²) in [5, 5.41) is 2.90. The zero-order chi connectivity index (χ0) is 15.2. The van der Waals surface area contributed by atoms with Gasteiger partial charge in [-0.1, -0.05) is 13.3 Å². The topological polar surface area (TPSA) is 67.4 Å². The Morgan fingerprint density at radius 3 is 3.05 bits per heavy atom. The molecule has 21 heavy (non-hydrogen) atoms. The highest BCUT2D eigenvalue weighted by Crippen LogP contribution is 2.30. The van der Waals surface area contributed by atoms with Crippen molar-refractivity contribution in [2.75, 3.05) is 6.54 Å². The number of fused-ring (bicyclic) bond motifs is 1. The van der Waals surface area contributed by atoms with Crippen molar-refractivity contribution in [3.63, 3.8) is 0 Å². The Bertz CT molecular complexity index is 530. The highest BCUT2D eigenvalue weighted by atomic mass is 16.6. The van der Waals surface area contributed by atoms with Gasteiger partial charge in [-0.15, -0.1) is 0 Å². The fraction of sp³-hybridized carbons (Fsp3) is 0.500. The number of ketones is 1. The summed E-state index contributed by atoms with van der Waals surface area (Å²) in [6, 6.07) is 0. The van der Waals surface area contributed by atoms with Crippen molar-refractivity contribution in [3.8, 4) is 0 Å². The summed E-state index contributed by atoms with van der Waals surface area (Å²) in [5.41, 5.74) is 5.66. The molecule has 0 saturated carbocycles. The van der Waals surface area contributed by atoms with E-state index in [2.05, 4.69) is 17.7 Å². The van der Waals surface area contributed by atoms with Crippen molar-refractivity contribution in [3.05, 3.63) is 34.8 Å². The van der Waals surface area contributed by atoms with Crippen LogP contribution in [0.4, 0.5) is 0 Å². The Labute approximate surface area is 125 Å². The molecular weight excluding hydrogens is 268 g/mol. The molecule has 0 aromatic carbocycles. The molecule has 1 aliphatic carbocycles. The number of nitrogens with one attached hydrogen (secondary N) is 2. The van der Waals surface area contributed by atoms with Crippen LogP contribution in [-0.4, -0.2) is 18.2 Å². The SMILES string of the molecule is CCCCC(=O)NCCC1=C(C)C2=CC(=O)CC=C2ON1. The first kappa shape index (κ1) is 15.4. The van der Waals surface area contributed by atoms with Gasteiger partial charge in [0.25, 0.3) is 0 Å². The van der Waals surface area contributed by atoms with E-state index in [-0.39, 0.29) is 11.7 Å². The fourth-order valence-corrected chi connectivity index (χ4v) is 2.33. The minimum absolute atomic E-state index is 0.0828. The fourth-order valence-electron chi connectivity index (χ4n) is 2.33. The van der Waals surface area contributed by atoms with Gasteiger partial charge in [0.1, 0.15) is 0 Å². The summed E-state index contributed by atoms with van der Waals surface area (Å²) >= 11 is 0. The van der Waals surface area contributed by atoms with Crippen molar-refractivity contribution in [2.45, 2.75) is 46.0 Å². The van der Waals surface area contributed by atoms with Crippen LogP contribution in [0.15, 0.2) is 34.8 Å². The summed E-state index contributed by atoms with van der Waals surface area (Å²) in [5.74, 6) is 0.883. The Hall–Kier alpha value is -2.04. The van der Waals surface area contributed by atoms with Crippen LogP contribution in [0.3, 0.4) is 0 Å². The van der Waals surface area contributed by atoms with E-state index in [0.29, 0.717) is 31.6 Å². The zero-order valence-electron chi connectivity index (χ0n) is 12.6. The van der Waals surface area contributed by atoms with E-state index in [0.717, 1.165) is 29.7 Å². The average Bonchev–Trinajstić information content (AvgIpc) is 2.48. The van der Waals surface area contributed by atoms with E-state index < -0.39 is 0 Å². The largest absolute Gasteiger partial charge is 0.382 e. The van der Waals surface area contributed by atoms with E-state index in [1.165, 1.54) is 0 Å². The van der Waals surface area contributed by atoms with Gasteiger partial charge < -0.3 is 10.2 Å². The Morgan fingerprint density at radius 1 is 1.48 bits per heavy atom. The van der Waals surface area contributed by atoms with Crippen LogP contribution >= 0.6 is 0 Å². The standard InChI is InChI=1S/C16H22N2O3/c1-3-4-5-16(20)17-9-8-14-11(2)13-10-12(19)6-7-15(13)21-18-14/h7,10,18H,3-6,8-9H2,1-2H3,(H,17,20). The molecule has 114 valence electrons. The molecule has 0 atom stereocenters. The third kappa shape index (κ3) is 3.97. The molecule has 5 heteroatoms. The van der Waals surface area contributed by atoms with E-state index >= 15 is 0 Å². The van der Waals surface area contributed by atoms with Gasteiger partial charge in [-0.3, -0.25) is 9.59 Å². The molecule has 1 aliphatic heterocycles. The van der Waals surface area contributed by atoms with Gasteiger partial charge in [0.2, 0.25) is 5.91 Å². The second kappa shape index (κ2) is 7.11. The highest BCUT2D eigenvalue weighted by molar-refractivity contribution is 5.94. The lowest BCUT2D eigenvalue weighted by molar-refractivity contribution is -0.121. The predicted octanol–water partition coefficient (Wildman–Crippen LogP) is 2.27. The minimum atomic E-state index is 0.0828. The molecule has 1 heterocycles. The molecule has 0 fully saturated rings. The molecule has 2 N–H and O–H groups in total. The third-order valence-corrected chi connectivity index (χ3v) is 3.65. The van der Waals surface area contributed by atoms with Crippen molar-refractivity contribution < 1.29 is 14.4 Å². The maximum Gasteiger partial charge on any atom is 0.220 e.